The minimum atomic E-state index is 0.672. The van der Waals surface area contributed by atoms with E-state index in [9.17, 15) is 0 Å². The number of fused-ring (bicyclic) bond motifs is 2. The fourth-order valence-electron chi connectivity index (χ4n) is 3.68. The van der Waals surface area contributed by atoms with E-state index in [0.29, 0.717) is 5.41 Å². The highest BCUT2D eigenvalue weighted by Crippen LogP contribution is 2.47. The van der Waals surface area contributed by atoms with Crippen LogP contribution in [0.15, 0.2) is 0 Å². The van der Waals surface area contributed by atoms with Crippen LogP contribution < -0.4 is 0 Å². The van der Waals surface area contributed by atoms with Gasteiger partial charge in [-0.25, -0.2) is 0 Å². The molecule has 2 heteroatoms. The van der Waals surface area contributed by atoms with Crippen molar-refractivity contribution in [3.63, 3.8) is 0 Å². The third-order valence-corrected chi connectivity index (χ3v) is 6.01. The van der Waals surface area contributed by atoms with Gasteiger partial charge in [-0.05, 0) is 43.9 Å². The van der Waals surface area contributed by atoms with Crippen LogP contribution >= 0.6 is 15.9 Å². The Morgan fingerprint density at radius 3 is 2.00 bits per heavy atom. The predicted molar refractivity (Wildman–Crippen MR) is 62.8 cm³/mol. The highest BCUT2D eigenvalue weighted by molar-refractivity contribution is 9.09. The summed E-state index contributed by atoms with van der Waals surface area (Å²) in [5.41, 5.74) is 0.672. The Morgan fingerprint density at radius 1 is 1.07 bits per heavy atom. The quantitative estimate of drug-likeness (QED) is 0.703. The topological polar surface area (TPSA) is 3.24 Å². The number of hydrogen-bond donors (Lipinski definition) is 0. The summed E-state index contributed by atoms with van der Waals surface area (Å²) in [7, 11) is 0. The van der Waals surface area contributed by atoms with Crippen molar-refractivity contribution in [1.82, 2.24) is 4.90 Å². The molecule has 0 spiro atoms. The molecule has 1 saturated carbocycles. The van der Waals surface area contributed by atoms with Crippen molar-refractivity contribution in [2.45, 2.75) is 57.0 Å². The van der Waals surface area contributed by atoms with Crippen LogP contribution in [0.1, 0.15) is 44.9 Å². The average Bonchev–Trinajstić information content (AvgIpc) is 2.70. The van der Waals surface area contributed by atoms with Gasteiger partial charge in [0, 0.05) is 24.0 Å². The molecule has 14 heavy (non-hydrogen) atoms. The summed E-state index contributed by atoms with van der Waals surface area (Å²) in [6.07, 6.45) is 10.4. The van der Waals surface area contributed by atoms with Gasteiger partial charge in [-0.2, -0.15) is 0 Å². The highest BCUT2D eigenvalue weighted by atomic mass is 79.9. The number of hydrogen-bond acceptors (Lipinski definition) is 1. The van der Waals surface area contributed by atoms with Crippen molar-refractivity contribution in [3.8, 4) is 0 Å². The molecule has 0 radical (unpaired) electrons. The predicted octanol–water partition coefficient (Wildman–Crippen LogP) is 3.18. The lowest BCUT2D eigenvalue weighted by atomic mass is 9.70. The second-order valence-electron chi connectivity index (χ2n) is 5.62. The molecule has 0 aromatic heterocycles. The number of alkyl halides is 1. The second kappa shape index (κ2) is 3.48. The number of halogens is 1. The van der Waals surface area contributed by atoms with E-state index in [0.717, 1.165) is 12.1 Å². The Kier molecular flexibility index (Phi) is 2.40. The van der Waals surface area contributed by atoms with Gasteiger partial charge in [0.2, 0.25) is 0 Å². The van der Waals surface area contributed by atoms with E-state index < -0.39 is 0 Å². The van der Waals surface area contributed by atoms with Crippen LogP contribution in [0, 0.1) is 5.41 Å². The zero-order chi connectivity index (χ0) is 9.60. The molecule has 0 aromatic rings. The van der Waals surface area contributed by atoms with Crippen molar-refractivity contribution in [3.05, 3.63) is 0 Å². The molecule has 3 fully saturated rings. The molecule has 0 atom stereocenters. The lowest BCUT2D eigenvalue weighted by Crippen LogP contribution is -2.45. The lowest BCUT2D eigenvalue weighted by Gasteiger charge is -2.44. The molecule has 2 bridgehead atoms. The van der Waals surface area contributed by atoms with E-state index >= 15 is 0 Å². The monoisotopic (exact) mass is 257 g/mol. The average molecular weight is 258 g/mol. The molecule has 3 aliphatic rings. The van der Waals surface area contributed by atoms with Crippen LogP contribution in [0.2, 0.25) is 0 Å². The molecule has 2 saturated heterocycles. The van der Waals surface area contributed by atoms with E-state index in [1.807, 2.05) is 0 Å². The third-order valence-electron chi connectivity index (χ3n) is 4.82. The Bertz CT molecular complexity index is 199. The molecule has 1 nitrogen and oxygen atoms in total. The molecule has 1 aliphatic carbocycles. The molecule has 0 N–H and O–H groups in total. The van der Waals surface area contributed by atoms with Crippen molar-refractivity contribution in [1.29, 1.82) is 0 Å². The molecule has 80 valence electrons. The van der Waals surface area contributed by atoms with Crippen molar-refractivity contribution in [2.24, 2.45) is 5.41 Å². The molecule has 0 amide bonds. The Morgan fingerprint density at radius 2 is 1.64 bits per heavy atom. The summed E-state index contributed by atoms with van der Waals surface area (Å²) in [5.74, 6) is 0. The van der Waals surface area contributed by atoms with Crippen LogP contribution in [-0.4, -0.2) is 28.9 Å². The SMILES string of the molecule is BrCC1(CN2C3CCC2CC3)CCC1. The van der Waals surface area contributed by atoms with Gasteiger partial charge in [-0.15, -0.1) is 0 Å². The largest absolute Gasteiger partial charge is 0.297 e. The standard InChI is InChI=1S/C12H20BrN/c13-8-12(6-1-7-12)9-14-10-2-3-11(14)5-4-10/h10-11H,1-9H2. The van der Waals surface area contributed by atoms with Crippen molar-refractivity contribution in [2.75, 3.05) is 11.9 Å². The third kappa shape index (κ3) is 1.37. The summed E-state index contributed by atoms with van der Waals surface area (Å²) in [6, 6.07) is 1.94. The molecule has 0 unspecified atom stereocenters. The Hall–Kier alpha value is 0.440. The van der Waals surface area contributed by atoms with Gasteiger partial charge in [0.15, 0.2) is 0 Å². The maximum Gasteiger partial charge on any atom is 0.0100 e. The van der Waals surface area contributed by atoms with Crippen molar-refractivity contribution < 1.29 is 0 Å². The van der Waals surface area contributed by atoms with Crippen LogP contribution in [0.25, 0.3) is 0 Å². The summed E-state index contributed by atoms with van der Waals surface area (Å²) in [4.78, 5) is 2.85. The van der Waals surface area contributed by atoms with Gasteiger partial charge in [-0.3, -0.25) is 4.90 Å². The zero-order valence-electron chi connectivity index (χ0n) is 8.84. The van der Waals surface area contributed by atoms with Crippen LogP contribution in [0.4, 0.5) is 0 Å². The summed E-state index contributed by atoms with van der Waals surface area (Å²) in [6.45, 7) is 1.40. The van der Waals surface area contributed by atoms with Gasteiger partial charge in [0.05, 0.1) is 0 Å². The van der Waals surface area contributed by atoms with Gasteiger partial charge in [0.25, 0.3) is 0 Å². The number of rotatable bonds is 3. The zero-order valence-corrected chi connectivity index (χ0v) is 10.4. The first-order chi connectivity index (χ1) is 6.83. The summed E-state index contributed by atoms with van der Waals surface area (Å²) < 4.78 is 0. The molecule has 2 heterocycles. The van der Waals surface area contributed by atoms with E-state index in [-0.39, 0.29) is 0 Å². The molecule has 0 aromatic carbocycles. The van der Waals surface area contributed by atoms with E-state index in [4.69, 9.17) is 0 Å². The second-order valence-corrected chi connectivity index (χ2v) is 6.18. The maximum atomic E-state index is 3.72. The van der Waals surface area contributed by atoms with Gasteiger partial charge in [-0.1, -0.05) is 22.4 Å². The minimum absolute atomic E-state index is 0.672. The van der Waals surface area contributed by atoms with Crippen LogP contribution in [0.5, 0.6) is 0 Å². The Balaban J connectivity index is 1.66. The van der Waals surface area contributed by atoms with Crippen LogP contribution in [0.3, 0.4) is 0 Å². The smallest absolute Gasteiger partial charge is 0.0100 e. The fourth-order valence-corrected chi connectivity index (χ4v) is 4.41. The summed E-state index contributed by atoms with van der Waals surface area (Å²) in [5, 5.41) is 1.23. The van der Waals surface area contributed by atoms with E-state index in [1.165, 1.54) is 56.8 Å². The first-order valence-corrected chi connectivity index (χ1v) is 7.27. The van der Waals surface area contributed by atoms with Gasteiger partial charge < -0.3 is 0 Å². The van der Waals surface area contributed by atoms with Gasteiger partial charge in [0.1, 0.15) is 0 Å². The fraction of sp³-hybridized carbons (Fsp3) is 1.00. The summed E-state index contributed by atoms with van der Waals surface area (Å²) >= 11 is 3.72. The number of nitrogens with zero attached hydrogens (tertiary/aromatic N) is 1. The molecule has 2 aliphatic heterocycles. The van der Waals surface area contributed by atoms with Gasteiger partial charge >= 0.3 is 0 Å². The Labute approximate surface area is 95.4 Å². The lowest BCUT2D eigenvalue weighted by molar-refractivity contribution is 0.0816. The minimum Gasteiger partial charge on any atom is -0.297 e. The molecular formula is C12H20BrN. The first kappa shape index (κ1) is 9.65. The normalized spacial score (nSPS) is 40.1. The highest BCUT2D eigenvalue weighted by Gasteiger charge is 2.45. The van der Waals surface area contributed by atoms with Crippen LogP contribution in [-0.2, 0) is 0 Å². The van der Waals surface area contributed by atoms with E-state index in [2.05, 4.69) is 20.8 Å². The van der Waals surface area contributed by atoms with Crippen molar-refractivity contribution >= 4 is 15.9 Å². The van der Waals surface area contributed by atoms with E-state index in [1.54, 1.807) is 0 Å². The molecule has 3 rings (SSSR count). The maximum absolute atomic E-state index is 3.72. The first-order valence-electron chi connectivity index (χ1n) is 6.15. The molecular weight excluding hydrogens is 238 g/mol.